The quantitative estimate of drug-likeness (QED) is 0.745. The first-order valence-corrected chi connectivity index (χ1v) is 4.23. The molecule has 0 unspecified atom stereocenters. The van der Waals surface area contributed by atoms with Crippen LogP contribution < -0.4 is 5.73 Å². The number of nitrogens with two attached hydrogens (primary N) is 1. The van der Waals surface area contributed by atoms with E-state index in [0.717, 1.165) is 0 Å². The Morgan fingerprint density at radius 3 is 2.73 bits per heavy atom. The molecule has 1 amide bonds. The number of hydrogen-bond acceptors (Lipinski definition) is 2. The SMILES string of the molecule is CC(=C(F)C(N)=O)c1cccc(C#N)c1. The third-order valence-corrected chi connectivity index (χ3v) is 1.97. The van der Waals surface area contributed by atoms with Gasteiger partial charge >= 0.3 is 0 Å². The highest BCUT2D eigenvalue weighted by Crippen LogP contribution is 2.19. The van der Waals surface area contributed by atoms with Gasteiger partial charge in [-0.2, -0.15) is 5.26 Å². The number of nitriles is 1. The van der Waals surface area contributed by atoms with Gasteiger partial charge in [0.15, 0.2) is 5.83 Å². The monoisotopic (exact) mass is 204 g/mol. The van der Waals surface area contributed by atoms with E-state index in [9.17, 15) is 9.18 Å². The van der Waals surface area contributed by atoms with Crippen molar-refractivity contribution in [3.8, 4) is 6.07 Å². The van der Waals surface area contributed by atoms with Gasteiger partial charge in [0.05, 0.1) is 11.6 Å². The molecule has 2 N–H and O–H groups in total. The second-order valence-electron chi connectivity index (χ2n) is 3.00. The lowest BCUT2D eigenvalue weighted by Crippen LogP contribution is -2.12. The van der Waals surface area contributed by atoms with Gasteiger partial charge in [0.25, 0.3) is 5.91 Å². The van der Waals surface area contributed by atoms with Crippen molar-refractivity contribution in [2.45, 2.75) is 6.92 Å². The minimum Gasteiger partial charge on any atom is -0.364 e. The Balaban J connectivity index is 3.23. The van der Waals surface area contributed by atoms with Crippen LogP contribution in [-0.4, -0.2) is 5.91 Å². The number of rotatable bonds is 2. The van der Waals surface area contributed by atoms with E-state index in [2.05, 4.69) is 0 Å². The normalized spacial score (nSPS) is 11.5. The summed E-state index contributed by atoms with van der Waals surface area (Å²) in [6.45, 7) is 1.44. The fourth-order valence-corrected chi connectivity index (χ4v) is 1.13. The molecule has 0 atom stereocenters. The number of hydrogen-bond donors (Lipinski definition) is 1. The van der Waals surface area contributed by atoms with Crippen molar-refractivity contribution in [3.05, 3.63) is 41.2 Å². The van der Waals surface area contributed by atoms with Crippen molar-refractivity contribution in [1.29, 1.82) is 5.26 Å². The van der Waals surface area contributed by atoms with Gasteiger partial charge in [-0.1, -0.05) is 12.1 Å². The molecule has 0 heterocycles. The van der Waals surface area contributed by atoms with E-state index < -0.39 is 11.7 Å². The summed E-state index contributed by atoms with van der Waals surface area (Å²) in [7, 11) is 0. The molecule has 3 nitrogen and oxygen atoms in total. The lowest BCUT2D eigenvalue weighted by atomic mass is 10.0. The van der Waals surface area contributed by atoms with Gasteiger partial charge in [-0.05, 0) is 30.2 Å². The standard InChI is InChI=1S/C11H9FN2O/c1-7(10(12)11(14)15)9-4-2-3-8(5-9)6-13/h2-5H,1H3,(H2,14,15). The lowest BCUT2D eigenvalue weighted by Gasteiger charge is -2.02. The number of amides is 1. The molecular formula is C11H9FN2O. The Morgan fingerprint density at radius 1 is 1.53 bits per heavy atom. The van der Waals surface area contributed by atoms with Crippen LogP contribution in [0.1, 0.15) is 18.1 Å². The third kappa shape index (κ3) is 2.41. The van der Waals surface area contributed by atoms with E-state index in [4.69, 9.17) is 11.0 Å². The van der Waals surface area contributed by atoms with Gasteiger partial charge in [0, 0.05) is 0 Å². The molecule has 0 aliphatic carbocycles. The number of carbonyl (C=O) groups is 1. The molecule has 0 saturated carbocycles. The fourth-order valence-electron chi connectivity index (χ4n) is 1.13. The number of allylic oxidation sites excluding steroid dienone is 1. The summed E-state index contributed by atoms with van der Waals surface area (Å²) >= 11 is 0. The molecule has 0 aliphatic rings. The molecule has 0 aliphatic heterocycles. The summed E-state index contributed by atoms with van der Waals surface area (Å²) in [4.78, 5) is 10.6. The van der Waals surface area contributed by atoms with Crippen LogP contribution in [-0.2, 0) is 4.79 Å². The molecular weight excluding hydrogens is 195 g/mol. The predicted molar refractivity (Wildman–Crippen MR) is 54.1 cm³/mol. The number of nitrogens with zero attached hydrogens (tertiary/aromatic N) is 1. The second kappa shape index (κ2) is 4.38. The fraction of sp³-hybridized carbons (Fsp3) is 0.0909. The minimum atomic E-state index is -1.10. The van der Waals surface area contributed by atoms with E-state index in [1.807, 2.05) is 6.07 Å². The van der Waals surface area contributed by atoms with E-state index >= 15 is 0 Å². The van der Waals surface area contributed by atoms with Gasteiger partial charge in [0.1, 0.15) is 0 Å². The molecule has 0 radical (unpaired) electrons. The largest absolute Gasteiger partial charge is 0.364 e. The van der Waals surface area contributed by atoms with E-state index in [0.29, 0.717) is 11.1 Å². The molecule has 4 heteroatoms. The lowest BCUT2D eigenvalue weighted by molar-refractivity contribution is -0.115. The third-order valence-electron chi connectivity index (χ3n) is 1.97. The summed E-state index contributed by atoms with van der Waals surface area (Å²) in [6.07, 6.45) is 0. The minimum absolute atomic E-state index is 0.139. The number of primary amides is 1. The smallest absolute Gasteiger partial charge is 0.277 e. The van der Waals surface area contributed by atoms with Gasteiger partial charge < -0.3 is 5.73 Å². The van der Waals surface area contributed by atoms with E-state index in [-0.39, 0.29) is 5.57 Å². The van der Waals surface area contributed by atoms with Crippen LogP contribution in [0.5, 0.6) is 0 Å². The number of halogens is 1. The maximum absolute atomic E-state index is 13.2. The first-order valence-electron chi connectivity index (χ1n) is 4.23. The Hall–Kier alpha value is -2.15. The summed E-state index contributed by atoms with van der Waals surface area (Å²) in [5.74, 6) is -2.08. The zero-order valence-corrected chi connectivity index (χ0v) is 8.12. The average Bonchev–Trinajstić information content (AvgIpc) is 2.27. The zero-order chi connectivity index (χ0) is 11.4. The summed E-state index contributed by atoms with van der Waals surface area (Å²) in [6, 6.07) is 8.25. The summed E-state index contributed by atoms with van der Waals surface area (Å²) in [5.41, 5.74) is 5.83. The van der Waals surface area contributed by atoms with Gasteiger partial charge in [0.2, 0.25) is 0 Å². The Kier molecular flexibility index (Phi) is 3.19. The Labute approximate surface area is 86.6 Å². The topological polar surface area (TPSA) is 66.9 Å². The molecule has 1 rings (SSSR count). The number of carbonyl (C=O) groups excluding carboxylic acids is 1. The van der Waals surface area contributed by atoms with Crippen LogP contribution in [0.3, 0.4) is 0 Å². The summed E-state index contributed by atoms with van der Waals surface area (Å²) < 4.78 is 13.2. The van der Waals surface area contributed by atoms with Crippen LogP contribution >= 0.6 is 0 Å². The zero-order valence-electron chi connectivity index (χ0n) is 8.12. The molecule has 15 heavy (non-hydrogen) atoms. The summed E-state index contributed by atoms with van der Waals surface area (Å²) in [5, 5.41) is 8.64. The van der Waals surface area contributed by atoms with E-state index in [1.165, 1.54) is 13.0 Å². The first-order chi connectivity index (χ1) is 7.06. The van der Waals surface area contributed by atoms with Crippen molar-refractivity contribution in [2.75, 3.05) is 0 Å². The maximum Gasteiger partial charge on any atom is 0.277 e. The Bertz CT molecular complexity index is 472. The molecule has 0 aromatic heterocycles. The predicted octanol–water partition coefficient (Wildman–Crippen LogP) is 1.74. The van der Waals surface area contributed by atoms with Crippen LogP contribution in [0.25, 0.3) is 5.57 Å². The molecule has 0 spiro atoms. The average molecular weight is 204 g/mol. The van der Waals surface area contributed by atoms with Crippen LogP contribution in [0.4, 0.5) is 4.39 Å². The highest BCUT2D eigenvalue weighted by atomic mass is 19.1. The first kappa shape index (κ1) is 10.9. The van der Waals surface area contributed by atoms with Crippen molar-refractivity contribution >= 4 is 11.5 Å². The maximum atomic E-state index is 13.2. The molecule has 0 bridgehead atoms. The van der Waals surface area contributed by atoms with Gasteiger partial charge in [-0.3, -0.25) is 4.79 Å². The Morgan fingerprint density at radius 2 is 2.20 bits per heavy atom. The highest BCUT2D eigenvalue weighted by molar-refractivity contribution is 5.97. The highest BCUT2D eigenvalue weighted by Gasteiger charge is 2.09. The van der Waals surface area contributed by atoms with Crippen LogP contribution in [0, 0.1) is 11.3 Å². The molecule has 1 aromatic carbocycles. The van der Waals surface area contributed by atoms with Crippen molar-refractivity contribution < 1.29 is 9.18 Å². The van der Waals surface area contributed by atoms with Crippen molar-refractivity contribution in [3.63, 3.8) is 0 Å². The molecule has 1 aromatic rings. The van der Waals surface area contributed by atoms with Crippen molar-refractivity contribution in [2.24, 2.45) is 5.73 Å². The number of benzene rings is 1. The van der Waals surface area contributed by atoms with Gasteiger partial charge in [-0.15, -0.1) is 0 Å². The van der Waals surface area contributed by atoms with Crippen molar-refractivity contribution in [1.82, 2.24) is 0 Å². The van der Waals surface area contributed by atoms with Crippen LogP contribution in [0.15, 0.2) is 30.1 Å². The molecule has 76 valence electrons. The van der Waals surface area contributed by atoms with Gasteiger partial charge in [-0.25, -0.2) is 4.39 Å². The molecule has 0 fully saturated rings. The molecule has 0 saturated heterocycles. The van der Waals surface area contributed by atoms with E-state index in [1.54, 1.807) is 18.2 Å². The second-order valence-corrected chi connectivity index (χ2v) is 3.00. The van der Waals surface area contributed by atoms with Crippen LogP contribution in [0.2, 0.25) is 0 Å².